The molecule has 0 heterocycles. The normalized spacial score (nSPS) is 24.6. The topological polar surface area (TPSA) is 37.3 Å². The van der Waals surface area contributed by atoms with Crippen molar-refractivity contribution in [1.29, 1.82) is 0 Å². The van der Waals surface area contributed by atoms with E-state index >= 15 is 0 Å². The maximum Gasteiger partial charge on any atom is 0.303 e. The van der Waals surface area contributed by atoms with Gasteiger partial charge in [0.15, 0.2) is 0 Å². The molecule has 0 fully saturated rings. The first-order chi connectivity index (χ1) is 4.79. The Hall–Kier alpha value is -0.790. The van der Waals surface area contributed by atoms with Crippen LogP contribution in [-0.4, -0.2) is 11.1 Å². The minimum Gasteiger partial charge on any atom is -0.481 e. The number of hydrogen-bond donors (Lipinski definition) is 1. The number of carboxylic acid groups (broad SMARTS) is 1. The van der Waals surface area contributed by atoms with Crippen molar-refractivity contribution in [3.63, 3.8) is 0 Å². The first-order valence-electron chi connectivity index (χ1n) is 3.66. The molecular formula is C8H12O2. The van der Waals surface area contributed by atoms with Gasteiger partial charge in [0.25, 0.3) is 0 Å². The Labute approximate surface area is 60.6 Å². The van der Waals surface area contributed by atoms with E-state index in [0.29, 0.717) is 12.3 Å². The molecule has 0 saturated carbocycles. The molecule has 0 radical (unpaired) electrons. The molecule has 1 N–H and O–H groups in total. The van der Waals surface area contributed by atoms with Gasteiger partial charge in [0.2, 0.25) is 0 Å². The van der Waals surface area contributed by atoms with E-state index in [-0.39, 0.29) is 0 Å². The maximum atomic E-state index is 10.2. The van der Waals surface area contributed by atoms with Crippen LogP contribution in [0.2, 0.25) is 0 Å². The Morgan fingerprint density at radius 2 is 2.40 bits per heavy atom. The van der Waals surface area contributed by atoms with Gasteiger partial charge in [0.1, 0.15) is 0 Å². The summed E-state index contributed by atoms with van der Waals surface area (Å²) in [5.74, 6) is -0.275. The fourth-order valence-corrected chi connectivity index (χ4v) is 1.29. The molecule has 0 spiro atoms. The Morgan fingerprint density at radius 1 is 1.60 bits per heavy atom. The van der Waals surface area contributed by atoms with Crippen molar-refractivity contribution in [2.24, 2.45) is 5.92 Å². The quantitative estimate of drug-likeness (QED) is 0.594. The fourth-order valence-electron chi connectivity index (χ4n) is 1.29. The van der Waals surface area contributed by atoms with E-state index in [9.17, 15) is 4.79 Å². The summed E-state index contributed by atoms with van der Waals surface area (Å²) in [4.78, 5) is 10.2. The lowest BCUT2D eigenvalue weighted by Crippen LogP contribution is -2.08. The first-order valence-corrected chi connectivity index (χ1v) is 3.66. The molecule has 1 aliphatic carbocycles. The molecule has 1 atom stereocenters. The zero-order valence-electron chi connectivity index (χ0n) is 5.92. The lowest BCUT2D eigenvalue weighted by atomic mass is 9.92. The predicted octanol–water partition coefficient (Wildman–Crippen LogP) is 1.82. The Kier molecular flexibility index (Phi) is 2.49. The fraction of sp³-hybridized carbons (Fsp3) is 0.625. The van der Waals surface area contributed by atoms with Crippen LogP contribution in [0.25, 0.3) is 0 Å². The van der Waals surface area contributed by atoms with Gasteiger partial charge in [-0.25, -0.2) is 0 Å². The Morgan fingerprint density at radius 3 is 2.90 bits per heavy atom. The number of hydrogen-bond acceptors (Lipinski definition) is 1. The summed E-state index contributed by atoms with van der Waals surface area (Å²) in [7, 11) is 0. The molecule has 0 saturated heterocycles. The minimum absolute atomic E-state index is 0.338. The second kappa shape index (κ2) is 3.40. The van der Waals surface area contributed by atoms with Crippen LogP contribution in [0.4, 0.5) is 0 Å². The monoisotopic (exact) mass is 140 g/mol. The number of aliphatic carboxylic acids is 1. The molecule has 2 heteroatoms. The SMILES string of the molecule is O=C(O)C[C@@H]1CC=CCC1. The van der Waals surface area contributed by atoms with Gasteiger partial charge in [-0.1, -0.05) is 12.2 Å². The third-order valence-electron chi connectivity index (χ3n) is 1.84. The van der Waals surface area contributed by atoms with E-state index in [1.165, 1.54) is 0 Å². The van der Waals surface area contributed by atoms with Crippen LogP contribution < -0.4 is 0 Å². The van der Waals surface area contributed by atoms with Gasteiger partial charge in [-0.15, -0.1) is 0 Å². The number of carbonyl (C=O) groups is 1. The number of rotatable bonds is 2. The van der Waals surface area contributed by atoms with E-state index < -0.39 is 5.97 Å². The predicted molar refractivity (Wildman–Crippen MR) is 38.7 cm³/mol. The molecule has 0 amide bonds. The summed E-state index contributed by atoms with van der Waals surface area (Å²) >= 11 is 0. The van der Waals surface area contributed by atoms with Crippen molar-refractivity contribution >= 4 is 5.97 Å². The van der Waals surface area contributed by atoms with Crippen LogP contribution in [0.3, 0.4) is 0 Å². The summed E-state index contributed by atoms with van der Waals surface area (Å²) in [6.07, 6.45) is 7.59. The van der Waals surface area contributed by atoms with E-state index in [1.54, 1.807) is 0 Å². The molecule has 0 unspecified atom stereocenters. The summed E-state index contributed by atoms with van der Waals surface area (Å²) in [6, 6.07) is 0. The molecule has 1 aliphatic rings. The Balaban J connectivity index is 2.28. The maximum absolute atomic E-state index is 10.2. The van der Waals surface area contributed by atoms with Crippen molar-refractivity contribution < 1.29 is 9.90 Å². The van der Waals surface area contributed by atoms with E-state index in [0.717, 1.165) is 19.3 Å². The first kappa shape index (κ1) is 7.32. The van der Waals surface area contributed by atoms with E-state index in [4.69, 9.17) is 5.11 Å². The van der Waals surface area contributed by atoms with Gasteiger partial charge in [-0.05, 0) is 25.2 Å². The lowest BCUT2D eigenvalue weighted by molar-refractivity contribution is -0.138. The average Bonchev–Trinajstić information content (AvgIpc) is 1.88. The third kappa shape index (κ3) is 2.21. The van der Waals surface area contributed by atoms with Gasteiger partial charge in [0, 0.05) is 6.42 Å². The van der Waals surface area contributed by atoms with Gasteiger partial charge >= 0.3 is 5.97 Å². The third-order valence-corrected chi connectivity index (χ3v) is 1.84. The van der Waals surface area contributed by atoms with Crippen molar-refractivity contribution in [3.05, 3.63) is 12.2 Å². The number of carboxylic acids is 1. The Bertz CT molecular complexity index is 149. The second-order valence-corrected chi connectivity index (χ2v) is 2.75. The van der Waals surface area contributed by atoms with Gasteiger partial charge in [-0.3, -0.25) is 4.79 Å². The van der Waals surface area contributed by atoms with Crippen LogP contribution >= 0.6 is 0 Å². The van der Waals surface area contributed by atoms with Crippen LogP contribution in [0.15, 0.2) is 12.2 Å². The highest BCUT2D eigenvalue weighted by atomic mass is 16.4. The van der Waals surface area contributed by atoms with Gasteiger partial charge < -0.3 is 5.11 Å². The zero-order valence-corrected chi connectivity index (χ0v) is 5.92. The second-order valence-electron chi connectivity index (χ2n) is 2.75. The van der Waals surface area contributed by atoms with Crippen molar-refractivity contribution in [3.8, 4) is 0 Å². The van der Waals surface area contributed by atoms with Crippen LogP contribution in [0.1, 0.15) is 25.7 Å². The average molecular weight is 140 g/mol. The van der Waals surface area contributed by atoms with Gasteiger partial charge in [0.05, 0.1) is 0 Å². The highest BCUT2D eigenvalue weighted by Crippen LogP contribution is 2.20. The largest absolute Gasteiger partial charge is 0.481 e. The molecule has 0 bridgehead atoms. The minimum atomic E-state index is -0.666. The number of allylic oxidation sites excluding steroid dienone is 2. The molecule has 1 rings (SSSR count). The molecule has 10 heavy (non-hydrogen) atoms. The van der Waals surface area contributed by atoms with Crippen molar-refractivity contribution in [2.45, 2.75) is 25.7 Å². The molecule has 0 aromatic rings. The summed E-state index contributed by atoms with van der Waals surface area (Å²) in [5, 5.41) is 8.44. The van der Waals surface area contributed by atoms with Crippen LogP contribution in [0.5, 0.6) is 0 Å². The molecule has 56 valence electrons. The van der Waals surface area contributed by atoms with Crippen LogP contribution in [0, 0.1) is 5.92 Å². The standard InChI is InChI=1S/C8H12O2/c9-8(10)6-7-4-2-1-3-5-7/h1-2,7H,3-6H2,(H,9,10)/t7-/m1/s1. The molecule has 0 aromatic carbocycles. The highest BCUT2D eigenvalue weighted by molar-refractivity contribution is 5.67. The van der Waals surface area contributed by atoms with Gasteiger partial charge in [-0.2, -0.15) is 0 Å². The van der Waals surface area contributed by atoms with Crippen molar-refractivity contribution in [2.75, 3.05) is 0 Å². The molecular weight excluding hydrogens is 128 g/mol. The summed E-state index contributed by atoms with van der Waals surface area (Å²) in [6.45, 7) is 0. The summed E-state index contributed by atoms with van der Waals surface area (Å²) < 4.78 is 0. The van der Waals surface area contributed by atoms with E-state index in [2.05, 4.69) is 12.2 Å². The van der Waals surface area contributed by atoms with Crippen molar-refractivity contribution in [1.82, 2.24) is 0 Å². The van der Waals surface area contributed by atoms with E-state index in [1.807, 2.05) is 0 Å². The molecule has 0 aromatic heterocycles. The smallest absolute Gasteiger partial charge is 0.303 e. The molecule has 0 aliphatic heterocycles. The zero-order chi connectivity index (χ0) is 7.40. The summed E-state index contributed by atoms with van der Waals surface area (Å²) in [5.41, 5.74) is 0. The lowest BCUT2D eigenvalue weighted by Gasteiger charge is -2.14. The van der Waals surface area contributed by atoms with Crippen LogP contribution in [-0.2, 0) is 4.79 Å². The highest BCUT2D eigenvalue weighted by Gasteiger charge is 2.12. The molecule has 2 nitrogen and oxygen atoms in total.